The molecule has 2 rings (SSSR count). The van der Waals surface area contributed by atoms with Crippen molar-refractivity contribution < 1.29 is 0 Å². The summed E-state index contributed by atoms with van der Waals surface area (Å²) in [6, 6.07) is 8.54. The second kappa shape index (κ2) is 4.95. The van der Waals surface area contributed by atoms with E-state index >= 15 is 0 Å². The topological polar surface area (TPSA) is 48.7 Å². The predicted molar refractivity (Wildman–Crippen MR) is 67.6 cm³/mol. The lowest BCUT2D eigenvalue weighted by atomic mass is 10.1. The van der Waals surface area contributed by atoms with Crippen molar-refractivity contribution in [1.82, 2.24) is 4.98 Å². The number of hydrogen-bond acceptors (Lipinski definition) is 4. The maximum Gasteiger partial charge on any atom is 0.0813 e. The first kappa shape index (κ1) is 10.9. The molecule has 1 aromatic carbocycles. The van der Waals surface area contributed by atoms with Crippen LogP contribution in [0.25, 0.3) is 10.2 Å². The molecule has 0 radical (unpaired) electrons. The Kier molecular flexibility index (Phi) is 3.37. The molecule has 1 unspecified atom stereocenters. The highest BCUT2D eigenvalue weighted by Gasteiger charge is 2.06. The van der Waals surface area contributed by atoms with Gasteiger partial charge in [-0.05, 0) is 24.6 Å². The van der Waals surface area contributed by atoms with Crippen molar-refractivity contribution in [1.29, 1.82) is 5.26 Å². The fraction of sp³-hybridized carbons (Fsp3) is 0.333. The van der Waals surface area contributed by atoms with Crippen molar-refractivity contribution in [2.45, 2.75) is 25.8 Å². The highest BCUT2D eigenvalue weighted by molar-refractivity contribution is 7.16. The number of hydrogen-bond donors (Lipinski definition) is 1. The average Bonchev–Trinajstić information content (AvgIpc) is 2.75. The van der Waals surface area contributed by atoms with Crippen LogP contribution in [0.2, 0.25) is 0 Å². The standard InChI is InChI=1S/C12H13N3S/c1-2-9(5-6-13)15-10-3-4-11-12(7-10)16-8-14-11/h3-4,7-9,15H,2,5H2,1H3. The summed E-state index contributed by atoms with van der Waals surface area (Å²) in [6.45, 7) is 2.08. The first-order valence-electron chi connectivity index (χ1n) is 5.30. The Morgan fingerprint density at radius 2 is 2.44 bits per heavy atom. The lowest BCUT2D eigenvalue weighted by Crippen LogP contribution is -2.17. The van der Waals surface area contributed by atoms with E-state index in [-0.39, 0.29) is 6.04 Å². The monoisotopic (exact) mass is 231 g/mol. The van der Waals surface area contributed by atoms with Crippen LogP contribution in [0.15, 0.2) is 23.7 Å². The summed E-state index contributed by atoms with van der Waals surface area (Å²) >= 11 is 1.63. The largest absolute Gasteiger partial charge is 0.381 e. The van der Waals surface area contributed by atoms with Crippen molar-refractivity contribution in [3.63, 3.8) is 0 Å². The van der Waals surface area contributed by atoms with E-state index in [1.165, 1.54) is 4.70 Å². The molecule has 3 nitrogen and oxygen atoms in total. The minimum Gasteiger partial charge on any atom is -0.381 e. The molecule has 0 saturated heterocycles. The van der Waals surface area contributed by atoms with E-state index in [4.69, 9.17) is 5.26 Å². The minimum atomic E-state index is 0.232. The van der Waals surface area contributed by atoms with E-state index in [0.717, 1.165) is 17.6 Å². The van der Waals surface area contributed by atoms with Gasteiger partial charge in [0.2, 0.25) is 0 Å². The molecule has 2 aromatic rings. The average molecular weight is 231 g/mol. The van der Waals surface area contributed by atoms with Crippen molar-refractivity contribution in [3.05, 3.63) is 23.7 Å². The third kappa shape index (κ3) is 2.31. The number of rotatable bonds is 4. The normalized spacial score (nSPS) is 12.2. The number of fused-ring (bicyclic) bond motifs is 1. The van der Waals surface area contributed by atoms with Crippen LogP contribution in [0.1, 0.15) is 19.8 Å². The number of benzene rings is 1. The number of nitrogens with zero attached hydrogens (tertiary/aromatic N) is 2. The Bertz CT molecular complexity index is 512. The number of thiazole rings is 1. The highest BCUT2D eigenvalue weighted by atomic mass is 32.1. The van der Waals surface area contributed by atoms with E-state index in [1.807, 2.05) is 17.6 Å². The maximum atomic E-state index is 8.69. The van der Waals surface area contributed by atoms with Crippen LogP contribution in [0.5, 0.6) is 0 Å². The van der Waals surface area contributed by atoms with Crippen molar-refractivity contribution in [3.8, 4) is 6.07 Å². The zero-order valence-corrected chi connectivity index (χ0v) is 9.92. The van der Waals surface area contributed by atoms with Gasteiger partial charge in [0.25, 0.3) is 0 Å². The molecule has 0 aliphatic heterocycles. The number of aromatic nitrogens is 1. The molecule has 1 N–H and O–H groups in total. The zero-order valence-electron chi connectivity index (χ0n) is 9.10. The Hall–Kier alpha value is -1.60. The third-order valence-corrected chi connectivity index (χ3v) is 3.32. The number of anilines is 1. The Labute approximate surface area is 98.7 Å². The van der Waals surface area contributed by atoms with Gasteiger partial charge in [0.05, 0.1) is 28.2 Å². The fourth-order valence-corrected chi connectivity index (χ4v) is 2.30. The van der Waals surface area contributed by atoms with Crippen LogP contribution in [0.3, 0.4) is 0 Å². The molecule has 0 amide bonds. The molecule has 0 fully saturated rings. The minimum absolute atomic E-state index is 0.232. The van der Waals surface area contributed by atoms with Gasteiger partial charge in [-0.3, -0.25) is 0 Å². The molecule has 16 heavy (non-hydrogen) atoms. The van der Waals surface area contributed by atoms with E-state index in [9.17, 15) is 0 Å². The first-order valence-corrected chi connectivity index (χ1v) is 6.18. The second-order valence-electron chi connectivity index (χ2n) is 3.65. The van der Waals surface area contributed by atoms with Crippen LogP contribution in [-0.2, 0) is 0 Å². The van der Waals surface area contributed by atoms with Gasteiger partial charge >= 0.3 is 0 Å². The summed E-state index contributed by atoms with van der Waals surface area (Å²) in [5.74, 6) is 0. The van der Waals surface area contributed by atoms with Gasteiger partial charge in [0, 0.05) is 11.7 Å². The third-order valence-electron chi connectivity index (χ3n) is 2.53. The van der Waals surface area contributed by atoms with Gasteiger partial charge in [-0.15, -0.1) is 11.3 Å². The first-order chi connectivity index (χ1) is 7.83. The Morgan fingerprint density at radius 1 is 1.56 bits per heavy atom. The van der Waals surface area contributed by atoms with E-state index in [0.29, 0.717) is 6.42 Å². The summed E-state index contributed by atoms with van der Waals surface area (Å²) in [5, 5.41) is 12.1. The molecule has 0 saturated carbocycles. The summed E-state index contributed by atoms with van der Waals surface area (Å²) in [4.78, 5) is 4.23. The lowest BCUT2D eigenvalue weighted by molar-refractivity contribution is 0.711. The predicted octanol–water partition coefficient (Wildman–Crippen LogP) is 3.40. The number of nitriles is 1. The van der Waals surface area contributed by atoms with Crippen LogP contribution >= 0.6 is 11.3 Å². The molecule has 82 valence electrons. The molecule has 1 aromatic heterocycles. The summed E-state index contributed by atoms with van der Waals surface area (Å²) in [5.41, 5.74) is 3.95. The van der Waals surface area contributed by atoms with Gasteiger partial charge in [-0.1, -0.05) is 6.92 Å². The molecule has 0 aliphatic carbocycles. The molecule has 0 spiro atoms. The van der Waals surface area contributed by atoms with Crippen LogP contribution in [0, 0.1) is 11.3 Å². The summed E-state index contributed by atoms with van der Waals surface area (Å²) in [7, 11) is 0. The quantitative estimate of drug-likeness (QED) is 0.877. The van der Waals surface area contributed by atoms with Gasteiger partial charge in [-0.25, -0.2) is 4.98 Å². The maximum absolute atomic E-state index is 8.69. The smallest absolute Gasteiger partial charge is 0.0813 e. The molecule has 0 bridgehead atoms. The van der Waals surface area contributed by atoms with Crippen molar-refractivity contribution in [2.24, 2.45) is 0 Å². The van der Waals surface area contributed by atoms with Crippen LogP contribution in [0.4, 0.5) is 5.69 Å². The molecule has 0 aliphatic rings. The Balaban J connectivity index is 2.17. The molecular formula is C12H13N3S. The van der Waals surface area contributed by atoms with Crippen LogP contribution in [-0.4, -0.2) is 11.0 Å². The Morgan fingerprint density at radius 3 is 3.19 bits per heavy atom. The van der Waals surface area contributed by atoms with Gasteiger partial charge < -0.3 is 5.32 Å². The van der Waals surface area contributed by atoms with Gasteiger partial charge in [0.15, 0.2) is 0 Å². The lowest BCUT2D eigenvalue weighted by Gasteiger charge is -2.14. The highest BCUT2D eigenvalue weighted by Crippen LogP contribution is 2.22. The van der Waals surface area contributed by atoms with Crippen molar-refractivity contribution >= 4 is 27.2 Å². The van der Waals surface area contributed by atoms with E-state index in [2.05, 4.69) is 29.4 Å². The van der Waals surface area contributed by atoms with Crippen LogP contribution < -0.4 is 5.32 Å². The van der Waals surface area contributed by atoms with E-state index in [1.54, 1.807) is 11.3 Å². The summed E-state index contributed by atoms with van der Waals surface area (Å²) in [6.07, 6.45) is 1.49. The molecule has 1 atom stereocenters. The zero-order chi connectivity index (χ0) is 11.4. The molecule has 1 heterocycles. The summed E-state index contributed by atoms with van der Waals surface area (Å²) < 4.78 is 1.18. The SMILES string of the molecule is CCC(CC#N)Nc1ccc2ncsc2c1. The molecule has 4 heteroatoms. The fourth-order valence-electron chi connectivity index (χ4n) is 1.59. The number of nitrogens with one attached hydrogen (secondary N) is 1. The van der Waals surface area contributed by atoms with Crippen molar-refractivity contribution in [2.75, 3.05) is 5.32 Å². The van der Waals surface area contributed by atoms with Gasteiger partial charge in [-0.2, -0.15) is 5.26 Å². The van der Waals surface area contributed by atoms with E-state index < -0.39 is 0 Å². The second-order valence-corrected chi connectivity index (χ2v) is 4.53. The molecular weight excluding hydrogens is 218 g/mol. The van der Waals surface area contributed by atoms with Gasteiger partial charge in [0.1, 0.15) is 0 Å².